The Kier molecular flexibility index (Phi) is 6.39. The zero-order chi connectivity index (χ0) is 11.8. The van der Waals surface area contributed by atoms with Crippen LogP contribution < -0.4 is 10.6 Å². The maximum atomic E-state index is 11.1. The number of aliphatic hydroxyl groups is 1. The maximum Gasteiger partial charge on any atom is 0.328 e. The Bertz CT molecular complexity index is 220. The minimum Gasteiger partial charge on any atom is -0.480 e. The van der Waals surface area contributed by atoms with E-state index in [2.05, 4.69) is 10.6 Å². The molecule has 0 saturated heterocycles. The van der Waals surface area contributed by atoms with E-state index < -0.39 is 24.6 Å². The molecule has 0 spiro atoms. The topological polar surface area (TPSA) is 102 Å². The van der Waals surface area contributed by atoms with Gasteiger partial charge in [0, 0.05) is 13.1 Å². The molecule has 88 valence electrons. The molecule has 0 unspecified atom stereocenters. The molecule has 0 aromatic carbocycles. The molecule has 0 fully saturated rings. The number of rotatable bonds is 6. The molecule has 4 N–H and O–H groups in total. The Morgan fingerprint density at radius 1 is 1.40 bits per heavy atom. The van der Waals surface area contributed by atoms with Crippen LogP contribution >= 0.6 is 0 Å². The minimum absolute atomic E-state index is 0.413. The van der Waals surface area contributed by atoms with Gasteiger partial charge >= 0.3 is 12.0 Å². The van der Waals surface area contributed by atoms with Gasteiger partial charge in [0.2, 0.25) is 0 Å². The van der Waals surface area contributed by atoms with Gasteiger partial charge in [-0.1, -0.05) is 0 Å². The summed E-state index contributed by atoms with van der Waals surface area (Å²) in [6, 6.07) is -1.86. The zero-order valence-corrected chi connectivity index (χ0v) is 8.86. The van der Waals surface area contributed by atoms with Gasteiger partial charge in [0.1, 0.15) is 0 Å². The summed E-state index contributed by atoms with van der Waals surface area (Å²) < 4.78 is 0. The van der Waals surface area contributed by atoms with Crippen molar-refractivity contribution in [1.29, 1.82) is 0 Å². The van der Waals surface area contributed by atoms with Crippen molar-refractivity contribution in [1.82, 2.24) is 15.5 Å². The highest BCUT2D eigenvalue weighted by Crippen LogP contribution is 1.82. The number of aliphatic carboxylic acids is 1. The number of hydrogen-bond donors (Lipinski definition) is 4. The number of urea groups is 1. The van der Waals surface area contributed by atoms with Crippen LogP contribution in [-0.4, -0.2) is 66.9 Å². The second-order valence-corrected chi connectivity index (χ2v) is 3.28. The predicted octanol–water partition coefficient (Wildman–Crippen LogP) is -1.71. The number of carbonyl (C=O) groups is 2. The van der Waals surface area contributed by atoms with Crippen LogP contribution in [0.3, 0.4) is 0 Å². The van der Waals surface area contributed by atoms with Gasteiger partial charge in [-0.3, -0.25) is 0 Å². The third kappa shape index (κ3) is 6.69. The fourth-order valence-corrected chi connectivity index (χ4v) is 0.788. The van der Waals surface area contributed by atoms with Crippen molar-refractivity contribution in [2.75, 3.05) is 33.8 Å². The smallest absolute Gasteiger partial charge is 0.328 e. The number of nitrogens with one attached hydrogen (secondary N) is 2. The molecular weight excluding hydrogens is 202 g/mol. The third-order valence-corrected chi connectivity index (χ3v) is 1.63. The zero-order valence-electron chi connectivity index (χ0n) is 8.86. The fraction of sp³-hybridized carbons (Fsp3) is 0.750. The number of hydrogen-bond acceptors (Lipinski definition) is 4. The molecule has 0 bridgehead atoms. The molecule has 1 atom stereocenters. The lowest BCUT2D eigenvalue weighted by molar-refractivity contribution is -0.140. The van der Waals surface area contributed by atoms with E-state index >= 15 is 0 Å². The number of aliphatic hydroxyl groups excluding tert-OH is 1. The predicted molar refractivity (Wildman–Crippen MR) is 53.6 cm³/mol. The summed E-state index contributed by atoms with van der Waals surface area (Å²) in [5.74, 6) is -1.26. The Hall–Kier alpha value is -1.34. The first-order valence-electron chi connectivity index (χ1n) is 4.50. The first kappa shape index (κ1) is 13.7. The van der Waals surface area contributed by atoms with Gasteiger partial charge in [-0.2, -0.15) is 0 Å². The van der Waals surface area contributed by atoms with E-state index in [4.69, 9.17) is 10.2 Å². The summed E-state index contributed by atoms with van der Waals surface area (Å²) in [7, 11) is 3.71. The Morgan fingerprint density at radius 3 is 2.40 bits per heavy atom. The number of carbonyl (C=O) groups excluding carboxylic acids is 1. The summed E-state index contributed by atoms with van der Waals surface area (Å²) in [4.78, 5) is 23.4. The highest BCUT2D eigenvalue weighted by molar-refractivity contribution is 5.82. The number of amides is 2. The molecule has 0 aromatic rings. The summed E-state index contributed by atoms with van der Waals surface area (Å²) in [6.45, 7) is 0.442. The van der Waals surface area contributed by atoms with E-state index in [1.165, 1.54) is 0 Å². The van der Waals surface area contributed by atoms with Crippen LogP contribution in [0.5, 0.6) is 0 Å². The van der Waals surface area contributed by atoms with E-state index in [1.54, 1.807) is 0 Å². The van der Waals surface area contributed by atoms with Crippen LogP contribution in [0.1, 0.15) is 0 Å². The van der Waals surface area contributed by atoms with E-state index in [9.17, 15) is 9.59 Å². The third-order valence-electron chi connectivity index (χ3n) is 1.63. The average molecular weight is 219 g/mol. The Balaban J connectivity index is 3.77. The average Bonchev–Trinajstić information content (AvgIpc) is 2.13. The lowest BCUT2D eigenvalue weighted by atomic mass is 10.3. The van der Waals surface area contributed by atoms with E-state index in [1.807, 2.05) is 19.0 Å². The van der Waals surface area contributed by atoms with Crippen LogP contribution in [-0.2, 0) is 4.79 Å². The standard InChI is InChI=1S/C8H17N3O4/c1-11(2)4-3-9-8(15)10-6(5-12)7(13)14/h6,12H,3-5H2,1-2H3,(H,13,14)(H2,9,10,15)/t6-/m1/s1. The van der Waals surface area contributed by atoms with Crippen LogP contribution in [0.4, 0.5) is 4.79 Å². The summed E-state index contributed by atoms with van der Waals surface area (Å²) in [5, 5.41) is 21.7. The normalized spacial score (nSPS) is 12.3. The van der Waals surface area contributed by atoms with Crippen molar-refractivity contribution < 1.29 is 19.8 Å². The number of likely N-dealkylation sites (N-methyl/N-ethyl adjacent to an activating group) is 1. The van der Waals surface area contributed by atoms with Crippen LogP contribution in [0.2, 0.25) is 0 Å². The van der Waals surface area contributed by atoms with E-state index in [0.29, 0.717) is 13.1 Å². The lowest BCUT2D eigenvalue weighted by Crippen LogP contribution is -2.48. The maximum absolute atomic E-state index is 11.1. The van der Waals surface area contributed by atoms with Crippen LogP contribution in [0.25, 0.3) is 0 Å². The van der Waals surface area contributed by atoms with Crippen LogP contribution in [0, 0.1) is 0 Å². The van der Waals surface area contributed by atoms with Gasteiger partial charge in [0.15, 0.2) is 6.04 Å². The monoisotopic (exact) mass is 219 g/mol. The molecule has 7 nitrogen and oxygen atoms in total. The number of carboxylic acids is 1. The van der Waals surface area contributed by atoms with Crippen molar-refractivity contribution in [2.24, 2.45) is 0 Å². The van der Waals surface area contributed by atoms with E-state index in [-0.39, 0.29) is 0 Å². The second-order valence-electron chi connectivity index (χ2n) is 3.28. The Morgan fingerprint density at radius 2 is 2.00 bits per heavy atom. The van der Waals surface area contributed by atoms with Crippen molar-refractivity contribution in [3.63, 3.8) is 0 Å². The Labute approximate surface area is 88.1 Å². The molecule has 0 rings (SSSR count). The fourth-order valence-electron chi connectivity index (χ4n) is 0.788. The van der Waals surface area contributed by atoms with Crippen molar-refractivity contribution in [3.05, 3.63) is 0 Å². The molecule has 0 aromatic heterocycles. The highest BCUT2D eigenvalue weighted by Gasteiger charge is 2.17. The molecule has 2 amide bonds. The SMILES string of the molecule is CN(C)CCNC(=O)N[C@H](CO)C(=O)O. The summed E-state index contributed by atoms with van der Waals surface area (Å²) in [5.41, 5.74) is 0. The molecule has 15 heavy (non-hydrogen) atoms. The summed E-state index contributed by atoms with van der Waals surface area (Å²) in [6.07, 6.45) is 0. The van der Waals surface area contributed by atoms with E-state index in [0.717, 1.165) is 0 Å². The van der Waals surface area contributed by atoms with Gasteiger partial charge in [0.25, 0.3) is 0 Å². The number of nitrogens with zero attached hydrogens (tertiary/aromatic N) is 1. The van der Waals surface area contributed by atoms with Crippen molar-refractivity contribution in [3.8, 4) is 0 Å². The van der Waals surface area contributed by atoms with Gasteiger partial charge in [-0.05, 0) is 14.1 Å². The first-order valence-corrected chi connectivity index (χ1v) is 4.50. The first-order chi connectivity index (χ1) is 6.97. The molecular formula is C8H17N3O4. The molecule has 0 aliphatic rings. The quantitative estimate of drug-likeness (QED) is 0.426. The number of carboxylic acid groups (broad SMARTS) is 1. The molecule has 0 radical (unpaired) electrons. The largest absolute Gasteiger partial charge is 0.480 e. The second kappa shape index (κ2) is 7.02. The minimum atomic E-state index is -1.26. The van der Waals surface area contributed by atoms with Crippen molar-refractivity contribution >= 4 is 12.0 Å². The van der Waals surface area contributed by atoms with Gasteiger partial charge in [0.05, 0.1) is 6.61 Å². The summed E-state index contributed by atoms with van der Waals surface area (Å²) >= 11 is 0. The van der Waals surface area contributed by atoms with Gasteiger partial charge < -0.3 is 25.7 Å². The molecule has 7 heteroatoms. The highest BCUT2D eigenvalue weighted by atomic mass is 16.4. The van der Waals surface area contributed by atoms with Crippen molar-refractivity contribution in [2.45, 2.75) is 6.04 Å². The van der Waals surface area contributed by atoms with Crippen LogP contribution in [0.15, 0.2) is 0 Å². The molecule has 0 aliphatic carbocycles. The lowest BCUT2D eigenvalue weighted by Gasteiger charge is -2.14. The molecule has 0 heterocycles. The molecule has 0 aliphatic heterocycles. The van der Waals surface area contributed by atoms with Gasteiger partial charge in [-0.15, -0.1) is 0 Å². The van der Waals surface area contributed by atoms with Gasteiger partial charge in [-0.25, -0.2) is 9.59 Å². The molecule has 0 saturated carbocycles.